The molecule has 0 spiro atoms. The fourth-order valence-electron chi connectivity index (χ4n) is 2.49. The van der Waals surface area contributed by atoms with E-state index in [4.69, 9.17) is 10.00 Å². The first-order chi connectivity index (χ1) is 13.3. The number of anilines is 1. The van der Waals surface area contributed by atoms with Crippen molar-refractivity contribution >= 4 is 23.4 Å². The zero-order valence-electron chi connectivity index (χ0n) is 14.5. The molecule has 3 aromatic rings. The SMILES string of the molecule is N#CCOc1ccc(NC(=O)C(Sc2ccccc2)c2ccccc2)cc1. The fraction of sp³-hybridized carbons (Fsp3) is 0.0909. The molecule has 1 N–H and O–H groups in total. The first-order valence-corrected chi connectivity index (χ1v) is 9.31. The maximum atomic E-state index is 13.0. The maximum absolute atomic E-state index is 13.0. The quantitative estimate of drug-likeness (QED) is 0.587. The zero-order valence-corrected chi connectivity index (χ0v) is 15.4. The van der Waals surface area contributed by atoms with Gasteiger partial charge >= 0.3 is 0 Å². The summed E-state index contributed by atoms with van der Waals surface area (Å²) >= 11 is 1.51. The third-order valence-corrected chi connectivity index (χ3v) is 5.03. The minimum Gasteiger partial charge on any atom is -0.479 e. The van der Waals surface area contributed by atoms with Crippen molar-refractivity contribution in [2.45, 2.75) is 10.1 Å². The highest BCUT2D eigenvalue weighted by molar-refractivity contribution is 8.00. The summed E-state index contributed by atoms with van der Waals surface area (Å²) in [5, 5.41) is 11.1. The average molecular weight is 374 g/mol. The Morgan fingerprint density at radius 1 is 0.963 bits per heavy atom. The highest BCUT2D eigenvalue weighted by Gasteiger charge is 2.22. The van der Waals surface area contributed by atoms with Gasteiger partial charge in [0.25, 0.3) is 0 Å². The minimum absolute atomic E-state index is 0.00446. The number of hydrogen-bond donors (Lipinski definition) is 1. The minimum atomic E-state index is -0.372. The molecule has 0 aliphatic carbocycles. The van der Waals surface area contributed by atoms with Gasteiger partial charge in [-0.1, -0.05) is 48.5 Å². The van der Waals surface area contributed by atoms with Crippen LogP contribution in [0.1, 0.15) is 10.8 Å². The van der Waals surface area contributed by atoms with Crippen LogP contribution < -0.4 is 10.1 Å². The molecule has 3 rings (SSSR count). The molecule has 27 heavy (non-hydrogen) atoms. The van der Waals surface area contributed by atoms with Crippen LogP contribution in [0.2, 0.25) is 0 Å². The van der Waals surface area contributed by atoms with Crippen LogP contribution in [0.25, 0.3) is 0 Å². The first-order valence-electron chi connectivity index (χ1n) is 8.43. The number of rotatable bonds is 7. The molecule has 0 bridgehead atoms. The van der Waals surface area contributed by atoms with E-state index in [1.165, 1.54) is 11.8 Å². The van der Waals surface area contributed by atoms with E-state index in [2.05, 4.69) is 5.32 Å². The lowest BCUT2D eigenvalue weighted by atomic mass is 10.1. The molecule has 0 heterocycles. The molecule has 3 aromatic carbocycles. The van der Waals surface area contributed by atoms with Gasteiger partial charge < -0.3 is 10.1 Å². The van der Waals surface area contributed by atoms with Crippen molar-refractivity contribution in [1.82, 2.24) is 0 Å². The van der Waals surface area contributed by atoms with E-state index in [1.54, 1.807) is 24.3 Å². The number of nitrogens with zero attached hydrogens (tertiary/aromatic N) is 1. The van der Waals surface area contributed by atoms with E-state index in [1.807, 2.05) is 66.7 Å². The fourth-order valence-corrected chi connectivity index (χ4v) is 3.54. The Labute approximate surface area is 162 Å². The second-order valence-electron chi connectivity index (χ2n) is 5.68. The lowest BCUT2D eigenvalue weighted by molar-refractivity contribution is -0.115. The van der Waals surface area contributed by atoms with Crippen LogP contribution >= 0.6 is 11.8 Å². The summed E-state index contributed by atoms with van der Waals surface area (Å²) in [5.41, 5.74) is 1.62. The van der Waals surface area contributed by atoms with Crippen molar-refractivity contribution in [3.8, 4) is 11.8 Å². The van der Waals surface area contributed by atoms with Gasteiger partial charge in [-0.3, -0.25) is 4.79 Å². The number of nitrogens with one attached hydrogen (secondary N) is 1. The molecule has 0 saturated heterocycles. The predicted octanol–water partition coefficient (Wildman–Crippen LogP) is 5.06. The Hall–Kier alpha value is -3.23. The number of ether oxygens (including phenoxy) is 1. The number of nitriles is 1. The third kappa shape index (κ3) is 5.37. The summed E-state index contributed by atoms with van der Waals surface area (Å²) < 4.78 is 5.23. The van der Waals surface area contributed by atoms with Crippen molar-refractivity contribution in [3.63, 3.8) is 0 Å². The van der Waals surface area contributed by atoms with E-state index in [9.17, 15) is 4.79 Å². The van der Waals surface area contributed by atoms with Gasteiger partial charge in [0.2, 0.25) is 5.91 Å². The van der Waals surface area contributed by atoms with Crippen molar-refractivity contribution in [1.29, 1.82) is 5.26 Å². The third-order valence-electron chi connectivity index (χ3n) is 3.76. The molecule has 4 nitrogen and oxygen atoms in total. The molecule has 1 amide bonds. The van der Waals surface area contributed by atoms with Gasteiger partial charge in [0.1, 0.15) is 17.1 Å². The summed E-state index contributed by atoms with van der Waals surface area (Å²) in [6.45, 7) is -0.00446. The number of amides is 1. The van der Waals surface area contributed by atoms with E-state index in [-0.39, 0.29) is 17.8 Å². The molecule has 0 aliphatic heterocycles. The van der Waals surface area contributed by atoms with Crippen molar-refractivity contribution < 1.29 is 9.53 Å². The molecular weight excluding hydrogens is 356 g/mol. The van der Waals surface area contributed by atoms with Gasteiger partial charge in [0, 0.05) is 10.6 Å². The van der Waals surface area contributed by atoms with Crippen LogP contribution in [-0.2, 0) is 4.79 Å². The average Bonchev–Trinajstić information content (AvgIpc) is 2.73. The van der Waals surface area contributed by atoms with Gasteiger partial charge in [-0.25, -0.2) is 0 Å². The molecular formula is C22H18N2O2S. The molecule has 5 heteroatoms. The lowest BCUT2D eigenvalue weighted by Gasteiger charge is -2.17. The summed E-state index contributed by atoms with van der Waals surface area (Å²) in [7, 11) is 0. The highest BCUT2D eigenvalue weighted by Crippen LogP contribution is 2.36. The van der Waals surface area contributed by atoms with Crippen LogP contribution in [0.3, 0.4) is 0 Å². The highest BCUT2D eigenvalue weighted by atomic mass is 32.2. The number of carbonyl (C=O) groups is 1. The van der Waals surface area contributed by atoms with E-state index >= 15 is 0 Å². The van der Waals surface area contributed by atoms with E-state index in [0.29, 0.717) is 11.4 Å². The summed E-state index contributed by atoms with van der Waals surface area (Å²) in [4.78, 5) is 14.0. The summed E-state index contributed by atoms with van der Waals surface area (Å²) in [5.74, 6) is 0.494. The molecule has 0 fully saturated rings. The molecule has 0 radical (unpaired) electrons. The van der Waals surface area contributed by atoms with Gasteiger partial charge in [-0.05, 0) is 42.0 Å². The maximum Gasteiger partial charge on any atom is 0.242 e. The van der Waals surface area contributed by atoms with Crippen LogP contribution in [0.5, 0.6) is 5.75 Å². The normalized spacial score (nSPS) is 11.2. The van der Waals surface area contributed by atoms with E-state index < -0.39 is 0 Å². The van der Waals surface area contributed by atoms with Crippen molar-refractivity contribution in [2.24, 2.45) is 0 Å². The van der Waals surface area contributed by atoms with Crippen molar-refractivity contribution in [3.05, 3.63) is 90.5 Å². The monoisotopic (exact) mass is 374 g/mol. The topological polar surface area (TPSA) is 62.1 Å². The molecule has 0 aliphatic rings. The molecule has 134 valence electrons. The predicted molar refractivity (Wildman–Crippen MR) is 108 cm³/mol. The Bertz CT molecular complexity index is 907. The van der Waals surface area contributed by atoms with Crippen molar-refractivity contribution in [2.75, 3.05) is 11.9 Å². The smallest absolute Gasteiger partial charge is 0.242 e. The summed E-state index contributed by atoms with van der Waals surface area (Å²) in [6, 6.07) is 28.5. The number of hydrogen-bond acceptors (Lipinski definition) is 4. The molecule has 0 saturated carbocycles. The van der Waals surface area contributed by atoms with Gasteiger partial charge in [0.05, 0.1) is 0 Å². The zero-order chi connectivity index (χ0) is 18.9. The van der Waals surface area contributed by atoms with Crippen LogP contribution in [0, 0.1) is 11.3 Å². The second kappa shape index (κ2) is 9.46. The van der Waals surface area contributed by atoms with Crippen LogP contribution in [0.15, 0.2) is 89.8 Å². The largest absolute Gasteiger partial charge is 0.479 e. The second-order valence-corrected chi connectivity index (χ2v) is 6.86. The van der Waals surface area contributed by atoms with Gasteiger partial charge in [-0.15, -0.1) is 11.8 Å². The molecule has 1 atom stereocenters. The lowest BCUT2D eigenvalue weighted by Crippen LogP contribution is -2.19. The number of carbonyl (C=O) groups excluding carboxylic acids is 1. The standard InChI is InChI=1S/C22H18N2O2S/c23-15-16-26-19-13-11-18(12-14-19)24-22(25)21(17-7-3-1-4-8-17)27-20-9-5-2-6-10-20/h1-14,21H,16H2,(H,24,25). The Morgan fingerprint density at radius 3 is 2.22 bits per heavy atom. The number of thioether (sulfide) groups is 1. The van der Waals surface area contributed by atoms with E-state index in [0.717, 1.165) is 10.5 Å². The Morgan fingerprint density at radius 2 is 1.59 bits per heavy atom. The Kier molecular flexibility index (Phi) is 6.50. The molecule has 0 aromatic heterocycles. The molecule has 1 unspecified atom stereocenters. The van der Waals surface area contributed by atoms with Crippen LogP contribution in [0.4, 0.5) is 5.69 Å². The summed E-state index contributed by atoms with van der Waals surface area (Å²) in [6.07, 6.45) is 0. The Balaban J connectivity index is 1.75. The van der Waals surface area contributed by atoms with Crippen LogP contribution in [-0.4, -0.2) is 12.5 Å². The first kappa shape index (κ1) is 18.6. The van der Waals surface area contributed by atoms with Gasteiger partial charge in [0.15, 0.2) is 6.61 Å². The van der Waals surface area contributed by atoms with Gasteiger partial charge in [-0.2, -0.15) is 5.26 Å². The number of benzene rings is 3.